The molecule has 0 bridgehead atoms. The maximum Gasteiger partial charge on any atom is 0.346 e. The molecule has 4 rings (SSSR count). The normalized spacial score (nSPS) is 17.4. The van der Waals surface area contributed by atoms with E-state index >= 15 is 0 Å². The van der Waals surface area contributed by atoms with Crippen molar-refractivity contribution in [3.63, 3.8) is 0 Å². The van der Waals surface area contributed by atoms with Crippen LogP contribution in [0.25, 0.3) is 0 Å². The molecule has 2 heterocycles. The van der Waals surface area contributed by atoms with Crippen LogP contribution in [0.4, 0.5) is 0 Å². The van der Waals surface area contributed by atoms with E-state index in [1.807, 2.05) is 6.92 Å². The third kappa shape index (κ3) is 4.25. The highest BCUT2D eigenvalue weighted by Gasteiger charge is 2.31. The van der Waals surface area contributed by atoms with Gasteiger partial charge in [-0.2, -0.15) is 0 Å². The Labute approximate surface area is 182 Å². The highest BCUT2D eigenvalue weighted by atomic mass is 16.6. The Morgan fingerprint density at radius 2 is 1.69 bits per heavy atom. The van der Waals surface area contributed by atoms with E-state index in [2.05, 4.69) is 4.74 Å². The lowest BCUT2D eigenvalue weighted by molar-refractivity contribution is -0.0548. The van der Waals surface area contributed by atoms with Crippen LogP contribution in [0.3, 0.4) is 0 Å². The number of cyclic esters (lactones) is 3. The first-order chi connectivity index (χ1) is 15.3. The molecule has 9 nitrogen and oxygen atoms in total. The van der Waals surface area contributed by atoms with E-state index in [9.17, 15) is 24.3 Å². The fourth-order valence-corrected chi connectivity index (χ4v) is 3.47. The Hall–Kier alpha value is -3.56. The summed E-state index contributed by atoms with van der Waals surface area (Å²) in [5.41, 5.74) is 1.94. The average molecular weight is 440 g/mol. The van der Waals surface area contributed by atoms with E-state index in [0.717, 1.165) is 5.56 Å². The van der Waals surface area contributed by atoms with Crippen LogP contribution in [0.1, 0.15) is 84.7 Å². The van der Waals surface area contributed by atoms with Gasteiger partial charge in [0.1, 0.15) is 0 Å². The minimum absolute atomic E-state index is 0.0573. The number of unbranched alkanes of at least 4 members (excludes halogenated alkanes) is 1. The van der Waals surface area contributed by atoms with E-state index in [4.69, 9.17) is 14.2 Å². The molecule has 9 heteroatoms. The van der Waals surface area contributed by atoms with Crippen molar-refractivity contribution in [1.82, 2.24) is 0 Å². The van der Waals surface area contributed by atoms with E-state index in [1.165, 1.54) is 18.2 Å². The second kappa shape index (κ2) is 8.89. The summed E-state index contributed by atoms with van der Waals surface area (Å²) in [7, 11) is 0. The zero-order chi connectivity index (χ0) is 22.8. The number of rotatable bonds is 8. The second-order valence-corrected chi connectivity index (χ2v) is 7.40. The number of esters is 4. The Balaban J connectivity index is 1.20. The Kier molecular flexibility index (Phi) is 6.02. The van der Waals surface area contributed by atoms with Gasteiger partial charge in [-0.05, 0) is 55.7 Å². The molecule has 2 aliphatic heterocycles. The zero-order valence-corrected chi connectivity index (χ0v) is 17.2. The van der Waals surface area contributed by atoms with E-state index < -0.39 is 30.2 Å². The van der Waals surface area contributed by atoms with Gasteiger partial charge >= 0.3 is 23.9 Å². The van der Waals surface area contributed by atoms with Gasteiger partial charge < -0.3 is 24.1 Å². The fourth-order valence-electron chi connectivity index (χ4n) is 3.47. The van der Waals surface area contributed by atoms with Gasteiger partial charge in [0, 0.05) is 12.2 Å². The summed E-state index contributed by atoms with van der Waals surface area (Å²) in [4.78, 5) is 46.7. The van der Waals surface area contributed by atoms with Gasteiger partial charge in [0.25, 0.3) is 0 Å². The summed E-state index contributed by atoms with van der Waals surface area (Å²) in [6.45, 7) is 2.44. The molecule has 0 aromatic heterocycles. The van der Waals surface area contributed by atoms with Crippen LogP contribution in [-0.4, -0.2) is 42.2 Å². The zero-order valence-electron chi connectivity index (χ0n) is 17.2. The quantitative estimate of drug-likeness (QED) is 0.285. The van der Waals surface area contributed by atoms with E-state index in [-0.39, 0.29) is 29.4 Å². The topological polar surface area (TPSA) is 125 Å². The molecule has 2 unspecified atom stereocenters. The van der Waals surface area contributed by atoms with E-state index in [0.29, 0.717) is 30.6 Å². The highest BCUT2D eigenvalue weighted by molar-refractivity contribution is 6.15. The average Bonchev–Trinajstić information content (AvgIpc) is 3.24. The monoisotopic (exact) mass is 440 g/mol. The van der Waals surface area contributed by atoms with Crippen LogP contribution >= 0.6 is 0 Å². The van der Waals surface area contributed by atoms with Crippen molar-refractivity contribution in [2.24, 2.45) is 0 Å². The minimum atomic E-state index is -1.25. The van der Waals surface area contributed by atoms with Gasteiger partial charge in [0.2, 0.25) is 6.29 Å². The van der Waals surface area contributed by atoms with E-state index in [1.54, 1.807) is 18.2 Å². The number of ether oxygens (including phenoxy) is 4. The van der Waals surface area contributed by atoms with Gasteiger partial charge in [-0.1, -0.05) is 6.07 Å². The van der Waals surface area contributed by atoms with Crippen molar-refractivity contribution >= 4 is 23.9 Å². The van der Waals surface area contributed by atoms with Crippen molar-refractivity contribution in [1.29, 1.82) is 0 Å². The summed E-state index contributed by atoms with van der Waals surface area (Å²) in [6.07, 6.45) is -0.316. The number of aliphatic hydroxyl groups excluding tert-OH is 1. The van der Waals surface area contributed by atoms with Crippen LogP contribution in [0.15, 0.2) is 36.4 Å². The number of benzene rings is 2. The second-order valence-electron chi connectivity index (χ2n) is 7.40. The van der Waals surface area contributed by atoms with Crippen LogP contribution < -0.4 is 0 Å². The summed E-state index contributed by atoms with van der Waals surface area (Å²) in [6, 6.07) is 9.13. The van der Waals surface area contributed by atoms with Gasteiger partial charge in [0.15, 0.2) is 0 Å². The highest BCUT2D eigenvalue weighted by Crippen LogP contribution is 2.31. The lowest BCUT2D eigenvalue weighted by atomic mass is 10.0. The first-order valence-corrected chi connectivity index (χ1v) is 10.1. The molecule has 0 saturated carbocycles. The molecule has 2 aliphatic rings. The molecular formula is C23H20O9. The summed E-state index contributed by atoms with van der Waals surface area (Å²) < 4.78 is 20.3. The van der Waals surface area contributed by atoms with Crippen LogP contribution in [0.5, 0.6) is 0 Å². The predicted octanol–water partition coefficient (Wildman–Crippen LogP) is 2.87. The third-order valence-electron chi connectivity index (χ3n) is 5.27. The van der Waals surface area contributed by atoms with Gasteiger partial charge in [0.05, 0.1) is 35.0 Å². The SMILES string of the molecule is CC(OCCCCOC(=O)c1ccc2c(c1)C(=O)OC2=O)c1ccc2c(c1)C(O)OC2=O. The molecule has 2 aromatic carbocycles. The molecule has 2 atom stereocenters. The molecule has 32 heavy (non-hydrogen) atoms. The Morgan fingerprint density at radius 3 is 2.50 bits per heavy atom. The van der Waals surface area contributed by atoms with Crippen LogP contribution in [-0.2, 0) is 18.9 Å². The Morgan fingerprint density at radius 1 is 0.969 bits per heavy atom. The minimum Gasteiger partial charge on any atom is -0.462 e. The lowest BCUT2D eigenvalue weighted by Gasteiger charge is -2.14. The maximum absolute atomic E-state index is 12.2. The molecule has 1 N–H and O–H groups in total. The molecule has 0 saturated heterocycles. The van der Waals surface area contributed by atoms with Crippen molar-refractivity contribution in [2.45, 2.75) is 32.2 Å². The van der Waals surface area contributed by atoms with Gasteiger partial charge in [-0.25, -0.2) is 19.2 Å². The molecule has 0 amide bonds. The maximum atomic E-state index is 12.2. The third-order valence-corrected chi connectivity index (χ3v) is 5.27. The molecule has 2 aromatic rings. The van der Waals surface area contributed by atoms with Crippen molar-refractivity contribution in [3.05, 3.63) is 69.8 Å². The largest absolute Gasteiger partial charge is 0.462 e. The standard InChI is InChI=1S/C23H20O9/c1-12(13-4-6-15-17(10-13)22(27)31-20(15)25)29-8-2-3-9-30-19(24)14-5-7-16-18(11-14)23(28)32-21(16)26/h4-7,10-12,22,27H,2-3,8-9H2,1H3. The first kappa shape index (κ1) is 21.7. The number of carbonyl (C=O) groups is 4. The summed E-state index contributed by atoms with van der Waals surface area (Å²) >= 11 is 0. The predicted molar refractivity (Wildman–Crippen MR) is 107 cm³/mol. The number of hydrogen-bond acceptors (Lipinski definition) is 9. The molecule has 166 valence electrons. The lowest BCUT2D eigenvalue weighted by Crippen LogP contribution is -2.09. The number of fused-ring (bicyclic) bond motifs is 2. The van der Waals surface area contributed by atoms with Gasteiger partial charge in [-0.3, -0.25) is 0 Å². The number of carbonyl (C=O) groups excluding carboxylic acids is 4. The molecular weight excluding hydrogens is 420 g/mol. The Bertz CT molecular complexity index is 1100. The molecule has 0 fully saturated rings. The summed E-state index contributed by atoms with van der Waals surface area (Å²) in [5, 5.41) is 9.77. The molecule has 0 spiro atoms. The summed E-state index contributed by atoms with van der Waals surface area (Å²) in [5.74, 6) is -2.64. The van der Waals surface area contributed by atoms with Crippen LogP contribution in [0, 0.1) is 0 Å². The fraction of sp³-hybridized carbons (Fsp3) is 0.304. The number of aliphatic hydroxyl groups is 1. The van der Waals surface area contributed by atoms with Crippen molar-refractivity contribution in [3.8, 4) is 0 Å². The molecule has 0 aliphatic carbocycles. The van der Waals surface area contributed by atoms with Gasteiger partial charge in [-0.15, -0.1) is 0 Å². The molecule has 0 radical (unpaired) electrons. The van der Waals surface area contributed by atoms with Crippen LogP contribution in [0.2, 0.25) is 0 Å². The first-order valence-electron chi connectivity index (χ1n) is 10.1. The van der Waals surface area contributed by atoms with Crippen molar-refractivity contribution in [2.75, 3.05) is 13.2 Å². The van der Waals surface area contributed by atoms with Crippen molar-refractivity contribution < 1.29 is 43.2 Å². The number of hydrogen-bond donors (Lipinski definition) is 1. The smallest absolute Gasteiger partial charge is 0.346 e.